The normalized spacial score (nSPS) is 12.3. The fourth-order valence-electron chi connectivity index (χ4n) is 1.83. The van der Waals surface area contributed by atoms with E-state index in [9.17, 15) is 9.59 Å². The number of imide groups is 1. The first kappa shape index (κ1) is 17.1. The van der Waals surface area contributed by atoms with Crippen molar-refractivity contribution in [3.05, 3.63) is 84.4 Å². The number of rotatable bonds is 2. The van der Waals surface area contributed by atoms with Gasteiger partial charge in [-0.1, -0.05) is 73.3 Å². The smallest absolute Gasteiger partial charge is 0.258 e. The molecule has 1 aliphatic rings. The third kappa shape index (κ3) is 4.54. The van der Waals surface area contributed by atoms with Crippen LogP contribution in [0.3, 0.4) is 0 Å². The van der Waals surface area contributed by atoms with Crippen LogP contribution in [-0.2, 0) is 9.59 Å². The minimum absolute atomic E-state index is 0. The number of benzene rings is 2. The lowest BCUT2D eigenvalue weighted by atomic mass is 10.1. The fraction of sp³-hybridized carbons (Fsp3) is 0. The summed E-state index contributed by atoms with van der Waals surface area (Å²) in [6, 6.07) is 19.1. The summed E-state index contributed by atoms with van der Waals surface area (Å²) in [5.41, 5.74) is 2.38. The minimum Gasteiger partial charge on any atom is -0.344 e. The highest BCUT2D eigenvalue weighted by atomic mass is 16.2. The Kier molecular flexibility index (Phi) is 6.47. The maximum Gasteiger partial charge on any atom is 0.258 e. The maximum absolute atomic E-state index is 11.2. The molecule has 22 heavy (non-hydrogen) atoms. The monoisotopic (exact) mass is 294 g/mol. The van der Waals surface area contributed by atoms with Crippen LogP contribution in [0.15, 0.2) is 73.3 Å². The lowest BCUT2D eigenvalue weighted by Gasteiger charge is -1.97. The second-order valence-corrected chi connectivity index (χ2v) is 4.36. The fourth-order valence-corrected chi connectivity index (χ4v) is 1.83. The van der Waals surface area contributed by atoms with Gasteiger partial charge in [0.2, 0.25) is 0 Å². The summed E-state index contributed by atoms with van der Waals surface area (Å²) in [6.45, 7) is 3.63. The second-order valence-electron chi connectivity index (χ2n) is 4.36. The SMILES string of the molecule is C=Cc1ccccc1.N.O=C1C=C(c2ccccc2)C(=O)N1. The van der Waals surface area contributed by atoms with E-state index < -0.39 is 0 Å². The highest BCUT2D eigenvalue weighted by Crippen LogP contribution is 2.16. The van der Waals surface area contributed by atoms with E-state index in [1.807, 2.05) is 54.6 Å². The number of amides is 2. The van der Waals surface area contributed by atoms with Crippen molar-refractivity contribution in [1.82, 2.24) is 11.5 Å². The summed E-state index contributed by atoms with van der Waals surface area (Å²) in [6.07, 6.45) is 3.15. The van der Waals surface area contributed by atoms with Crippen molar-refractivity contribution in [2.24, 2.45) is 0 Å². The molecule has 1 heterocycles. The van der Waals surface area contributed by atoms with Crippen molar-refractivity contribution in [1.29, 1.82) is 0 Å². The van der Waals surface area contributed by atoms with E-state index in [2.05, 4.69) is 11.9 Å². The van der Waals surface area contributed by atoms with Crippen LogP contribution in [0.4, 0.5) is 0 Å². The van der Waals surface area contributed by atoms with Crippen molar-refractivity contribution >= 4 is 23.5 Å². The molecule has 2 aromatic rings. The van der Waals surface area contributed by atoms with E-state index in [1.165, 1.54) is 11.6 Å². The van der Waals surface area contributed by atoms with Gasteiger partial charge in [0.25, 0.3) is 11.8 Å². The van der Waals surface area contributed by atoms with Crippen molar-refractivity contribution < 1.29 is 9.59 Å². The van der Waals surface area contributed by atoms with Crippen LogP contribution in [-0.4, -0.2) is 11.8 Å². The van der Waals surface area contributed by atoms with E-state index >= 15 is 0 Å². The molecule has 1 aliphatic heterocycles. The van der Waals surface area contributed by atoms with Crippen LogP contribution in [0, 0.1) is 0 Å². The number of nitrogens with one attached hydrogen (secondary N) is 1. The summed E-state index contributed by atoms with van der Waals surface area (Å²) in [5, 5.41) is 2.19. The standard InChI is InChI=1S/C10H7NO2.C8H8.H3N/c12-9-6-8(10(13)11-9)7-4-2-1-3-5-7;1-2-8-6-4-3-5-7-8;/h1-6H,(H,11,12,13);2-7H,1H2;1H3. The maximum atomic E-state index is 11.2. The molecule has 0 radical (unpaired) electrons. The molecule has 0 bridgehead atoms. The average Bonchev–Trinajstić information content (AvgIpc) is 2.88. The van der Waals surface area contributed by atoms with Gasteiger partial charge in [0, 0.05) is 6.08 Å². The lowest BCUT2D eigenvalue weighted by Crippen LogP contribution is -2.21. The zero-order chi connectivity index (χ0) is 15.1. The number of hydrogen-bond acceptors (Lipinski definition) is 3. The lowest BCUT2D eigenvalue weighted by molar-refractivity contribution is -0.123. The van der Waals surface area contributed by atoms with Crippen molar-refractivity contribution in [2.75, 3.05) is 0 Å². The highest BCUT2D eigenvalue weighted by Gasteiger charge is 2.21. The second kappa shape index (κ2) is 8.34. The quantitative estimate of drug-likeness (QED) is 0.834. The molecule has 0 saturated carbocycles. The van der Waals surface area contributed by atoms with E-state index in [0.717, 1.165) is 5.56 Å². The van der Waals surface area contributed by atoms with Crippen molar-refractivity contribution in [3.8, 4) is 0 Å². The van der Waals surface area contributed by atoms with Crippen LogP contribution in [0.1, 0.15) is 11.1 Å². The van der Waals surface area contributed by atoms with Gasteiger partial charge in [-0.05, 0) is 11.1 Å². The molecule has 0 atom stereocenters. The van der Waals surface area contributed by atoms with E-state index in [1.54, 1.807) is 12.1 Å². The number of carbonyl (C=O) groups excluding carboxylic acids is 2. The van der Waals surface area contributed by atoms with Crippen LogP contribution >= 0.6 is 0 Å². The van der Waals surface area contributed by atoms with Crippen LogP contribution in [0.2, 0.25) is 0 Å². The molecule has 0 aromatic heterocycles. The molecule has 0 unspecified atom stereocenters. The first-order chi connectivity index (χ1) is 10.2. The predicted octanol–water partition coefficient (Wildman–Crippen LogP) is 3.22. The van der Waals surface area contributed by atoms with Crippen LogP contribution in [0.5, 0.6) is 0 Å². The van der Waals surface area contributed by atoms with Gasteiger partial charge in [-0.3, -0.25) is 14.9 Å². The molecule has 2 amide bonds. The molecule has 0 saturated heterocycles. The summed E-state index contributed by atoms with van der Waals surface area (Å²) < 4.78 is 0. The van der Waals surface area contributed by atoms with Crippen LogP contribution < -0.4 is 11.5 Å². The molecule has 0 spiro atoms. The van der Waals surface area contributed by atoms with Crippen molar-refractivity contribution in [2.45, 2.75) is 0 Å². The molecular formula is C18H18N2O2. The van der Waals surface area contributed by atoms with E-state index in [-0.39, 0.29) is 18.0 Å². The molecule has 0 fully saturated rings. The molecule has 4 N–H and O–H groups in total. The third-order valence-corrected chi connectivity index (χ3v) is 2.88. The number of carbonyl (C=O) groups is 2. The Labute approximate surface area is 129 Å². The summed E-state index contributed by atoms with van der Waals surface area (Å²) in [5.74, 6) is -0.667. The molecule has 0 aliphatic carbocycles. The summed E-state index contributed by atoms with van der Waals surface area (Å²) >= 11 is 0. The Hall–Kier alpha value is -2.98. The van der Waals surface area contributed by atoms with Crippen molar-refractivity contribution in [3.63, 3.8) is 0 Å². The van der Waals surface area contributed by atoms with Gasteiger partial charge < -0.3 is 6.15 Å². The Bertz CT molecular complexity index is 677. The van der Waals surface area contributed by atoms with E-state index in [0.29, 0.717) is 5.57 Å². The van der Waals surface area contributed by atoms with Gasteiger partial charge in [-0.25, -0.2) is 0 Å². The molecular weight excluding hydrogens is 276 g/mol. The van der Waals surface area contributed by atoms with Gasteiger partial charge in [-0.2, -0.15) is 0 Å². The minimum atomic E-state index is -0.344. The van der Waals surface area contributed by atoms with Gasteiger partial charge >= 0.3 is 0 Å². The Morgan fingerprint density at radius 3 is 1.82 bits per heavy atom. The van der Waals surface area contributed by atoms with Crippen LogP contribution in [0.25, 0.3) is 11.6 Å². The van der Waals surface area contributed by atoms with Gasteiger partial charge in [0.05, 0.1) is 5.57 Å². The highest BCUT2D eigenvalue weighted by molar-refractivity contribution is 6.33. The third-order valence-electron chi connectivity index (χ3n) is 2.88. The molecule has 4 heteroatoms. The first-order valence-corrected chi connectivity index (χ1v) is 6.50. The Morgan fingerprint density at radius 2 is 1.41 bits per heavy atom. The topological polar surface area (TPSA) is 81.2 Å². The van der Waals surface area contributed by atoms with Gasteiger partial charge in [0.15, 0.2) is 0 Å². The Balaban J connectivity index is 0.000000234. The molecule has 3 rings (SSSR count). The molecule has 4 nitrogen and oxygen atoms in total. The number of hydrogen-bond donors (Lipinski definition) is 2. The summed E-state index contributed by atoms with van der Waals surface area (Å²) in [7, 11) is 0. The molecule has 2 aromatic carbocycles. The average molecular weight is 294 g/mol. The van der Waals surface area contributed by atoms with Gasteiger partial charge in [0.1, 0.15) is 0 Å². The zero-order valence-corrected chi connectivity index (χ0v) is 12.2. The summed E-state index contributed by atoms with van der Waals surface area (Å²) in [4.78, 5) is 22.0. The first-order valence-electron chi connectivity index (χ1n) is 6.50. The Morgan fingerprint density at radius 1 is 0.864 bits per heavy atom. The molecule has 112 valence electrons. The predicted molar refractivity (Wildman–Crippen MR) is 89.1 cm³/mol. The van der Waals surface area contributed by atoms with E-state index in [4.69, 9.17) is 0 Å². The van der Waals surface area contributed by atoms with Gasteiger partial charge in [-0.15, -0.1) is 0 Å². The zero-order valence-electron chi connectivity index (χ0n) is 12.2. The largest absolute Gasteiger partial charge is 0.344 e.